The van der Waals surface area contributed by atoms with Crippen molar-refractivity contribution in [3.8, 4) is 0 Å². The number of benzene rings is 1. The molecule has 1 nitrogen and oxygen atoms in total. The minimum absolute atomic E-state index is 0.221. The van der Waals surface area contributed by atoms with Gasteiger partial charge >= 0.3 is 0 Å². The monoisotopic (exact) mass is 358 g/mol. The lowest BCUT2D eigenvalue weighted by Gasteiger charge is -2.14. The van der Waals surface area contributed by atoms with Crippen LogP contribution in [0.1, 0.15) is 10.4 Å². The number of alkyl halides is 2. The molecule has 2 atom stereocenters. The van der Waals surface area contributed by atoms with Gasteiger partial charge in [0.05, 0.1) is 4.83 Å². The van der Waals surface area contributed by atoms with Crippen molar-refractivity contribution >= 4 is 60.3 Å². The van der Waals surface area contributed by atoms with Crippen LogP contribution in [0, 0.1) is 0 Å². The van der Waals surface area contributed by atoms with Gasteiger partial charge in [0.15, 0.2) is 0 Å². The van der Waals surface area contributed by atoms with Crippen LogP contribution in [-0.2, 0) is 4.79 Å². The average molecular weight is 361 g/mol. The second-order valence-corrected chi connectivity index (χ2v) is 5.38. The first-order chi connectivity index (χ1) is 6.54. The SMILES string of the molecule is O=C(Cl)C(Br)C(Br)c1ccccc1Cl. The molecule has 1 rings (SSSR count). The maximum atomic E-state index is 10.9. The number of rotatable bonds is 3. The van der Waals surface area contributed by atoms with Crippen LogP contribution in [0.15, 0.2) is 24.3 Å². The lowest BCUT2D eigenvalue weighted by molar-refractivity contribution is -0.111. The van der Waals surface area contributed by atoms with Crippen LogP contribution < -0.4 is 0 Å². The van der Waals surface area contributed by atoms with E-state index in [1.165, 1.54) is 0 Å². The van der Waals surface area contributed by atoms with Crippen LogP contribution in [0.4, 0.5) is 0 Å². The Morgan fingerprint density at radius 1 is 1.29 bits per heavy atom. The number of carbonyl (C=O) groups excluding carboxylic acids is 1. The van der Waals surface area contributed by atoms with Gasteiger partial charge in [-0.05, 0) is 23.2 Å². The Balaban J connectivity index is 2.94. The predicted molar refractivity (Wildman–Crippen MR) is 66.7 cm³/mol. The molecule has 0 N–H and O–H groups in total. The Hall–Kier alpha value is 0.430. The number of halogens is 4. The molecule has 0 fully saturated rings. The van der Waals surface area contributed by atoms with E-state index >= 15 is 0 Å². The molecule has 0 saturated heterocycles. The third kappa shape index (κ3) is 2.96. The first kappa shape index (κ1) is 12.5. The van der Waals surface area contributed by atoms with E-state index in [4.69, 9.17) is 23.2 Å². The van der Waals surface area contributed by atoms with Crippen molar-refractivity contribution in [1.29, 1.82) is 0 Å². The van der Waals surface area contributed by atoms with Gasteiger partial charge in [0.25, 0.3) is 0 Å². The van der Waals surface area contributed by atoms with Gasteiger partial charge in [0.2, 0.25) is 5.24 Å². The van der Waals surface area contributed by atoms with Crippen LogP contribution in [-0.4, -0.2) is 10.1 Å². The molecule has 2 unspecified atom stereocenters. The van der Waals surface area contributed by atoms with Gasteiger partial charge in [-0.2, -0.15) is 0 Å². The summed E-state index contributed by atoms with van der Waals surface area (Å²) in [5.41, 5.74) is 0.838. The molecule has 0 aliphatic rings. The Labute approximate surface area is 109 Å². The highest BCUT2D eigenvalue weighted by Gasteiger charge is 2.24. The largest absolute Gasteiger partial charge is 0.280 e. The van der Waals surface area contributed by atoms with Crippen molar-refractivity contribution in [2.24, 2.45) is 0 Å². The van der Waals surface area contributed by atoms with Crippen LogP contribution in [0.2, 0.25) is 5.02 Å². The third-order valence-corrected chi connectivity index (χ3v) is 5.19. The molecule has 14 heavy (non-hydrogen) atoms. The highest BCUT2D eigenvalue weighted by Crippen LogP contribution is 2.36. The van der Waals surface area contributed by atoms with Crippen molar-refractivity contribution in [2.75, 3.05) is 0 Å². The van der Waals surface area contributed by atoms with E-state index < -0.39 is 10.1 Å². The molecule has 76 valence electrons. The molecular weight excluding hydrogens is 355 g/mol. The summed E-state index contributed by atoms with van der Waals surface area (Å²) in [6.07, 6.45) is 0. The second-order valence-electron chi connectivity index (χ2n) is 2.63. The Morgan fingerprint density at radius 3 is 2.36 bits per heavy atom. The maximum Gasteiger partial charge on any atom is 0.236 e. The fourth-order valence-electron chi connectivity index (χ4n) is 0.971. The summed E-state index contributed by atoms with van der Waals surface area (Å²) >= 11 is 17.9. The normalized spacial score (nSPS) is 14.9. The van der Waals surface area contributed by atoms with E-state index in [9.17, 15) is 4.79 Å². The second kappa shape index (κ2) is 5.50. The van der Waals surface area contributed by atoms with Crippen molar-refractivity contribution in [3.63, 3.8) is 0 Å². The van der Waals surface area contributed by atoms with Gasteiger partial charge < -0.3 is 0 Å². The van der Waals surface area contributed by atoms with Gasteiger partial charge in [-0.3, -0.25) is 4.79 Å². The summed E-state index contributed by atoms with van der Waals surface area (Å²) < 4.78 is 0. The van der Waals surface area contributed by atoms with Crippen LogP contribution in [0.3, 0.4) is 0 Å². The zero-order valence-corrected chi connectivity index (χ0v) is 11.6. The number of hydrogen-bond acceptors (Lipinski definition) is 1. The van der Waals surface area contributed by atoms with Gasteiger partial charge in [-0.25, -0.2) is 0 Å². The van der Waals surface area contributed by atoms with Crippen molar-refractivity contribution in [3.05, 3.63) is 34.9 Å². The fraction of sp³-hybridized carbons (Fsp3) is 0.222. The lowest BCUT2D eigenvalue weighted by Crippen LogP contribution is -2.13. The molecule has 1 aromatic carbocycles. The fourth-order valence-corrected chi connectivity index (χ4v) is 2.56. The molecule has 0 amide bonds. The lowest BCUT2D eigenvalue weighted by atomic mass is 10.1. The molecule has 0 aromatic heterocycles. The smallest absolute Gasteiger partial charge is 0.236 e. The molecule has 0 heterocycles. The van der Waals surface area contributed by atoms with E-state index in [0.29, 0.717) is 5.02 Å². The Morgan fingerprint density at radius 2 is 1.86 bits per heavy atom. The van der Waals surface area contributed by atoms with Gasteiger partial charge in [-0.1, -0.05) is 61.7 Å². The quantitative estimate of drug-likeness (QED) is 0.580. The van der Waals surface area contributed by atoms with E-state index in [2.05, 4.69) is 31.9 Å². The van der Waals surface area contributed by atoms with Crippen LogP contribution in [0.5, 0.6) is 0 Å². The first-order valence-corrected chi connectivity index (χ1v) is 6.34. The molecule has 0 aliphatic heterocycles. The van der Waals surface area contributed by atoms with Crippen LogP contribution >= 0.6 is 55.1 Å². The standard InChI is InChI=1S/C9H6Br2Cl2O/c10-7(8(11)9(13)14)5-3-1-2-4-6(5)12/h1-4,7-8H. The van der Waals surface area contributed by atoms with Crippen LogP contribution in [0.25, 0.3) is 0 Å². The molecule has 1 aromatic rings. The highest BCUT2D eigenvalue weighted by atomic mass is 79.9. The van der Waals surface area contributed by atoms with E-state index in [0.717, 1.165) is 5.56 Å². The zero-order chi connectivity index (χ0) is 10.7. The van der Waals surface area contributed by atoms with Gasteiger partial charge in [-0.15, -0.1) is 0 Å². The van der Waals surface area contributed by atoms with Crippen molar-refractivity contribution in [2.45, 2.75) is 9.65 Å². The van der Waals surface area contributed by atoms with Gasteiger partial charge in [0, 0.05) is 5.02 Å². The van der Waals surface area contributed by atoms with Crippen molar-refractivity contribution in [1.82, 2.24) is 0 Å². The molecule has 0 bridgehead atoms. The molecule has 0 radical (unpaired) electrons. The van der Waals surface area contributed by atoms with E-state index in [1.807, 2.05) is 18.2 Å². The predicted octanol–water partition coefficient (Wildman–Crippen LogP) is 4.30. The summed E-state index contributed by atoms with van der Waals surface area (Å²) in [5, 5.41) is 0.156. The van der Waals surface area contributed by atoms with E-state index in [-0.39, 0.29) is 4.83 Å². The molecular formula is C9H6Br2Cl2O. The van der Waals surface area contributed by atoms with E-state index in [1.54, 1.807) is 6.07 Å². The first-order valence-electron chi connectivity index (χ1n) is 3.76. The summed E-state index contributed by atoms with van der Waals surface area (Å²) in [6.45, 7) is 0. The average Bonchev–Trinajstić information content (AvgIpc) is 2.16. The van der Waals surface area contributed by atoms with Crippen molar-refractivity contribution < 1.29 is 4.79 Å². The topological polar surface area (TPSA) is 17.1 Å². The summed E-state index contributed by atoms with van der Waals surface area (Å²) in [6, 6.07) is 7.30. The Bertz CT molecular complexity index is 343. The van der Waals surface area contributed by atoms with Gasteiger partial charge in [0.1, 0.15) is 4.83 Å². The zero-order valence-electron chi connectivity index (χ0n) is 6.88. The summed E-state index contributed by atoms with van der Waals surface area (Å²) in [5.74, 6) is 0. The third-order valence-electron chi connectivity index (χ3n) is 1.68. The number of carbonyl (C=O) groups is 1. The minimum Gasteiger partial charge on any atom is -0.280 e. The number of hydrogen-bond donors (Lipinski definition) is 0. The highest BCUT2D eigenvalue weighted by molar-refractivity contribution is 9.12. The summed E-state index contributed by atoms with van der Waals surface area (Å²) in [4.78, 5) is 10.2. The molecule has 0 aliphatic carbocycles. The molecule has 0 saturated carbocycles. The maximum absolute atomic E-state index is 10.9. The Kier molecular flexibility index (Phi) is 4.91. The molecule has 0 spiro atoms. The minimum atomic E-state index is -0.482. The molecule has 5 heteroatoms. The summed E-state index contributed by atoms with van der Waals surface area (Å²) in [7, 11) is 0.